The molecule has 0 amide bonds. The third kappa shape index (κ3) is 3.51. The van der Waals surface area contributed by atoms with Crippen LogP contribution in [0, 0.1) is 12.3 Å². The molecule has 21 heavy (non-hydrogen) atoms. The lowest BCUT2D eigenvalue weighted by molar-refractivity contribution is 0.0979. The molecule has 1 aliphatic carbocycles. The Labute approximate surface area is 129 Å². The van der Waals surface area contributed by atoms with Crippen molar-refractivity contribution in [3.05, 3.63) is 23.2 Å². The Hall–Kier alpha value is -0.800. The van der Waals surface area contributed by atoms with Crippen LogP contribution in [0.4, 0.5) is 0 Å². The molecule has 0 radical (unpaired) electrons. The number of hydrogen-bond donors (Lipinski definition) is 1. The molecule has 0 aromatic carbocycles. The standard InChI is InChI=1S/C18H30N2O/c1-3-19-13-16-12-17(21-15(16)2)14-20-10-8-18(9-11-20)6-4-5-7-18/h12,19H,3-11,13-14H2,1-2H3. The molecule has 1 N–H and O–H groups in total. The summed E-state index contributed by atoms with van der Waals surface area (Å²) in [5.74, 6) is 2.22. The van der Waals surface area contributed by atoms with Gasteiger partial charge in [-0.1, -0.05) is 19.8 Å². The van der Waals surface area contributed by atoms with Crippen LogP contribution in [0.25, 0.3) is 0 Å². The molecule has 3 nitrogen and oxygen atoms in total. The zero-order valence-corrected chi connectivity index (χ0v) is 13.7. The molecular weight excluding hydrogens is 260 g/mol. The topological polar surface area (TPSA) is 28.4 Å². The highest BCUT2D eigenvalue weighted by atomic mass is 16.3. The molecule has 2 fully saturated rings. The van der Waals surface area contributed by atoms with Crippen LogP contribution in [0.3, 0.4) is 0 Å². The molecule has 0 atom stereocenters. The summed E-state index contributed by atoms with van der Waals surface area (Å²) in [6.07, 6.45) is 8.69. The van der Waals surface area contributed by atoms with E-state index in [9.17, 15) is 0 Å². The molecule has 1 saturated heterocycles. The van der Waals surface area contributed by atoms with E-state index in [4.69, 9.17) is 4.42 Å². The van der Waals surface area contributed by atoms with Gasteiger partial charge >= 0.3 is 0 Å². The van der Waals surface area contributed by atoms with E-state index in [1.165, 1.54) is 57.2 Å². The van der Waals surface area contributed by atoms with Crippen molar-refractivity contribution >= 4 is 0 Å². The van der Waals surface area contributed by atoms with Crippen LogP contribution in [-0.2, 0) is 13.1 Å². The minimum absolute atomic E-state index is 0.714. The summed E-state index contributed by atoms with van der Waals surface area (Å²) in [5.41, 5.74) is 2.03. The number of aryl methyl sites for hydroxylation is 1. The molecule has 1 aromatic heterocycles. The van der Waals surface area contributed by atoms with Gasteiger partial charge in [-0.2, -0.15) is 0 Å². The summed E-state index contributed by atoms with van der Waals surface area (Å²) in [5, 5.41) is 3.38. The predicted molar refractivity (Wildman–Crippen MR) is 86.2 cm³/mol. The van der Waals surface area contributed by atoms with Crippen molar-refractivity contribution in [1.82, 2.24) is 10.2 Å². The fraction of sp³-hybridized carbons (Fsp3) is 0.778. The minimum Gasteiger partial charge on any atom is -0.465 e. The lowest BCUT2D eigenvalue weighted by atomic mass is 9.77. The highest BCUT2D eigenvalue weighted by Gasteiger charge is 2.36. The highest BCUT2D eigenvalue weighted by molar-refractivity contribution is 5.20. The van der Waals surface area contributed by atoms with Gasteiger partial charge in [0, 0.05) is 12.1 Å². The number of likely N-dealkylation sites (tertiary alicyclic amines) is 1. The fourth-order valence-electron chi connectivity index (χ4n) is 4.13. The lowest BCUT2D eigenvalue weighted by Gasteiger charge is -2.39. The molecule has 1 saturated carbocycles. The Balaban J connectivity index is 1.53. The maximum atomic E-state index is 5.95. The monoisotopic (exact) mass is 290 g/mol. The SMILES string of the molecule is CCNCc1cc(CN2CCC3(CCCC3)CC2)oc1C. The van der Waals surface area contributed by atoms with Crippen LogP contribution in [0.15, 0.2) is 10.5 Å². The summed E-state index contributed by atoms with van der Waals surface area (Å²) in [6.45, 7) is 9.65. The molecule has 3 rings (SSSR count). The van der Waals surface area contributed by atoms with Gasteiger partial charge in [0.05, 0.1) is 6.54 Å². The average molecular weight is 290 g/mol. The molecule has 1 aromatic rings. The Bertz CT molecular complexity index is 450. The second-order valence-corrected chi connectivity index (χ2v) is 7.06. The van der Waals surface area contributed by atoms with E-state index >= 15 is 0 Å². The van der Waals surface area contributed by atoms with Crippen molar-refractivity contribution in [2.24, 2.45) is 5.41 Å². The molecule has 3 heteroatoms. The maximum Gasteiger partial charge on any atom is 0.118 e. The number of furan rings is 1. The van der Waals surface area contributed by atoms with E-state index in [2.05, 4.69) is 30.1 Å². The van der Waals surface area contributed by atoms with Crippen LogP contribution in [0.1, 0.15) is 62.5 Å². The summed E-state index contributed by atoms with van der Waals surface area (Å²) in [6, 6.07) is 2.25. The van der Waals surface area contributed by atoms with Crippen LogP contribution in [-0.4, -0.2) is 24.5 Å². The first kappa shape index (κ1) is 15.1. The van der Waals surface area contributed by atoms with Crippen molar-refractivity contribution in [1.29, 1.82) is 0 Å². The van der Waals surface area contributed by atoms with E-state index in [1.54, 1.807) is 0 Å². The van der Waals surface area contributed by atoms with Gasteiger partial charge in [0.2, 0.25) is 0 Å². The fourth-order valence-corrected chi connectivity index (χ4v) is 4.13. The van der Waals surface area contributed by atoms with Gasteiger partial charge < -0.3 is 9.73 Å². The second-order valence-electron chi connectivity index (χ2n) is 7.06. The first-order valence-electron chi connectivity index (χ1n) is 8.72. The Morgan fingerprint density at radius 3 is 2.57 bits per heavy atom. The van der Waals surface area contributed by atoms with Crippen LogP contribution >= 0.6 is 0 Å². The maximum absolute atomic E-state index is 5.95. The van der Waals surface area contributed by atoms with E-state index in [1.807, 2.05) is 0 Å². The summed E-state index contributed by atoms with van der Waals surface area (Å²) < 4.78 is 5.95. The van der Waals surface area contributed by atoms with Crippen molar-refractivity contribution in [3.8, 4) is 0 Å². The van der Waals surface area contributed by atoms with Crippen molar-refractivity contribution < 1.29 is 4.42 Å². The minimum atomic E-state index is 0.714. The van der Waals surface area contributed by atoms with Crippen molar-refractivity contribution in [3.63, 3.8) is 0 Å². The largest absolute Gasteiger partial charge is 0.465 e. The van der Waals surface area contributed by atoms with E-state index in [0.717, 1.165) is 31.2 Å². The molecule has 0 bridgehead atoms. The molecular formula is C18H30N2O. The third-order valence-electron chi connectivity index (χ3n) is 5.60. The Morgan fingerprint density at radius 2 is 1.90 bits per heavy atom. The number of piperidine rings is 1. The van der Waals surface area contributed by atoms with Gasteiger partial charge in [-0.25, -0.2) is 0 Å². The normalized spacial score (nSPS) is 22.2. The van der Waals surface area contributed by atoms with Gasteiger partial charge in [-0.15, -0.1) is 0 Å². The molecule has 2 heterocycles. The lowest BCUT2D eigenvalue weighted by Crippen LogP contribution is -2.38. The first-order valence-corrected chi connectivity index (χ1v) is 8.72. The molecule has 1 aliphatic heterocycles. The zero-order chi connectivity index (χ0) is 14.7. The summed E-state index contributed by atoms with van der Waals surface area (Å²) in [7, 11) is 0. The highest BCUT2D eigenvalue weighted by Crippen LogP contribution is 2.46. The second kappa shape index (κ2) is 6.53. The molecule has 118 valence electrons. The van der Waals surface area contributed by atoms with Gasteiger partial charge in [-0.3, -0.25) is 4.90 Å². The zero-order valence-electron chi connectivity index (χ0n) is 13.7. The molecule has 0 unspecified atom stereocenters. The van der Waals surface area contributed by atoms with E-state index in [-0.39, 0.29) is 0 Å². The van der Waals surface area contributed by atoms with Crippen LogP contribution in [0.2, 0.25) is 0 Å². The van der Waals surface area contributed by atoms with Gasteiger partial charge in [0.15, 0.2) is 0 Å². The summed E-state index contributed by atoms with van der Waals surface area (Å²) >= 11 is 0. The van der Waals surface area contributed by atoms with E-state index in [0.29, 0.717) is 5.41 Å². The summed E-state index contributed by atoms with van der Waals surface area (Å²) in [4.78, 5) is 2.58. The third-order valence-corrected chi connectivity index (χ3v) is 5.60. The van der Waals surface area contributed by atoms with Crippen LogP contribution in [0.5, 0.6) is 0 Å². The van der Waals surface area contributed by atoms with Gasteiger partial charge in [0.1, 0.15) is 11.5 Å². The van der Waals surface area contributed by atoms with Crippen molar-refractivity contribution in [2.45, 2.75) is 65.5 Å². The molecule has 2 aliphatic rings. The van der Waals surface area contributed by atoms with Gasteiger partial charge in [0.25, 0.3) is 0 Å². The van der Waals surface area contributed by atoms with Crippen LogP contribution < -0.4 is 5.32 Å². The smallest absolute Gasteiger partial charge is 0.118 e. The van der Waals surface area contributed by atoms with Gasteiger partial charge in [-0.05, 0) is 63.7 Å². The number of nitrogens with one attached hydrogen (secondary N) is 1. The van der Waals surface area contributed by atoms with E-state index < -0.39 is 0 Å². The number of hydrogen-bond acceptors (Lipinski definition) is 3. The average Bonchev–Trinajstić information content (AvgIpc) is 3.07. The Kier molecular flexibility index (Phi) is 4.70. The number of nitrogens with zero attached hydrogens (tertiary/aromatic N) is 1. The predicted octanol–water partition coefficient (Wildman–Crippen LogP) is 3.85. The molecule has 1 spiro atoms. The number of rotatable bonds is 5. The quantitative estimate of drug-likeness (QED) is 0.892. The van der Waals surface area contributed by atoms with Crippen molar-refractivity contribution in [2.75, 3.05) is 19.6 Å². The first-order chi connectivity index (χ1) is 10.2. The Morgan fingerprint density at radius 1 is 1.19 bits per heavy atom.